The van der Waals surface area contributed by atoms with Gasteiger partial charge in [0.2, 0.25) is 0 Å². The molecule has 5 nitrogen and oxygen atoms in total. The van der Waals surface area contributed by atoms with E-state index in [1.807, 2.05) is 12.1 Å². The first-order valence-electron chi connectivity index (χ1n) is 7.15. The van der Waals surface area contributed by atoms with E-state index in [0.717, 1.165) is 17.0 Å². The number of fused-ring (bicyclic) bond motifs is 8. The van der Waals surface area contributed by atoms with Crippen molar-refractivity contribution in [3.8, 4) is 5.75 Å². The highest BCUT2D eigenvalue weighted by atomic mass is 16.6. The number of nitrogens with zero attached hydrogens (tertiary/aromatic N) is 3. The minimum Gasteiger partial charge on any atom is -0.497 e. The normalized spacial score (nSPS) is 42.5. The van der Waals surface area contributed by atoms with E-state index >= 15 is 0 Å². The number of azo groups is 1. The zero-order chi connectivity index (χ0) is 13.3. The van der Waals surface area contributed by atoms with Crippen LogP contribution in [-0.2, 0) is 4.84 Å². The second kappa shape index (κ2) is 3.59. The molecule has 102 valence electrons. The molecule has 0 amide bonds. The zero-order valence-electron chi connectivity index (χ0n) is 11.1. The molecule has 20 heavy (non-hydrogen) atoms. The number of hydrogen-bond acceptors (Lipinski definition) is 5. The zero-order valence-corrected chi connectivity index (χ0v) is 11.1. The fourth-order valence-electron chi connectivity index (χ4n) is 4.38. The van der Waals surface area contributed by atoms with E-state index in [-0.39, 0.29) is 6.10 Å². The lowest BCUT2D eigenvalue weighted by Gasteiger charge is -2.36. The molecule has 1 aromatic rings. The number of methoxy groups -OCH3 is 1. The van der Waals surface area contributed by atoms with Gasteiger partial charge in [-0.05, 0) is 36.6 Å². The van der Waals surface area contributed by atoms with Crippen LogP contribution in [0, 0.1) is 17.8 Å². The van der Waals surface area contributed by atoms with Gasteiger partial charge in [0.05, 0.1) is 24.8 Å². The van der Waals surface area contributed by atoms with Crippen molar-refractivity contribution in [3.05, 3.63) is 29.8 Å². The lowest BCUT2D eigenvalue weighted by Crippen LogP contribution is -2.47. The Labute approximate surface area is 116 Å². The summed E-state index contributed by atoms with van der Waals surface area (Å²) in [6.45, 7) is 0. The van der Waals surface area contributed by atoms with Crippen LogP contribution in [0.15, 0.2) is 39.6 Å². The van der Waals surface area contributed by atoms with Crippen molar-refractivity contribution >= 4 is 5.71 Å². The third kappa shape index (κ3) is 1.16. The number of rotatable bonds is 2. The van der Waals surface area contributed by atoms with Gasteiger partial charge in [-0.1, -0.05) is 5.16 Å². The Morgan fingerprint density at radius 3 is 2.55 bits per heavy atom. The van der Waals surface area contributed by atoms with Gasteiger partial charge in [0, 0.05) is 11.5 Å². The number of oxime groups is 1. The van der Waals surface area contributed by atoms with Crippen molar-refractivity contribution < 1.29 is 9.57 Å². The smallest absolute Gasteiger partial charge is 0.141 e. The Balaban J connectivity index is 1.49. The first-order valence-corrected chi connectivity index (χ1v) is 7.15. The van der Waals surface area contributed by atoms with Crippen LogP contribution in [0.1, 0.15) is 12.0 Å². The first-order chi connectivity index (χ1) is 9.86. The van der Waals surface area contributed by atoms with Crippen LogP contribution in [0.2, 0.25) is 0 Å². The molecule has 2 fully saturated rings. The molecule has 0 radical (unpaired) electrons. The predicted octanol–water partition coefficient (Wildman–Crippen LogP) is 2.27. The van der Waals surface area contributed by atoms with Gasteiger partial charge < -0.3 is 9.57 Å². The Morgan fingerprint density at radius 2 is 1.85 bits per heavy atom. The van der Waals surface area contributed by atoms with Crippen LogP contribution in [0.4, 0.5) is 0 Å². The van der Waals surface area contributed by atoms with Crippen LogP contribution in [0.25, 0.3) is 0 Å². The van der Waals surface area contributed by atoms with Gasteiger partial charge in [-0.25, -0.2) is 0 Å². The highest BCUT2D eigenvalue weighted by molar-refractivity contribution is 6.03. The third-order valence-electron chi connectivity index (χ3n) is 5.32. The monoisotopic (exact) mass is 269 g/mol. The minimum atomic E-state index is 0.220. The molecule has 5 heteroatoms. The molecule has 2 unspecified atom stereocenters. The molecule has 2 aliphatic heterocycles. The van der Waals surface area contributed by atoms with Crippen LogP contribution >= 0.6 is 0 Å². The topological polar surface area (TPSA) is 55.5 Å². The maximum absolute atomic E-state index is 5.74. The fraction of sp³-hybridized carbons (Fsp3) is 0.533. The lowest BCUT2D eigenvalue weighted by molar-refractivity contribution is 0.00785. The number of benzene rings is 1. The quantitative estimate of drug-likeness (QED) is 0.827. The largest absolute Gasteiger partial charge is 0.497 e. The molecule has 5 rings (SSSR count). The average Bonchev–Trinajstić information content (AvgIpc) is 3.07. The Bertz CT molecular complexity index is 625. The molecule has 0 spiro atoms. The van der Waals surface area contributed by atoms with Gasteiger partial charge in [0.1, 0.15) is 17.9 Å². The molecule has 0 aromatic heterocycles. The van der Waals surface area contributed by atoms with Crippen LogP contribution in [-0.4, -0.2) is 31.0 Å². The molecule has 4 aliphatic rings. The van der Waals surface area contributed by atoms with Crippen LogP contribution in [0.3, 0.4) is 0 Å². The van der Waals surface area contributed by atoms with Gasteiger partial charge >= 0.3 is 0 Å². The van der Waals surface area contributed by atoms with E-state index in [1.165, 1.54) is 6.42 Å². The highest BCUT2D eigenvalue weighted by Crippen LogP contribution is 2.58. The van der Waals surface area contributed by atoms with Crippen LogP contribution in [0.5, 0.6) is 5.75 Å². The Morgan fingerprint density at radius 1 is 1.10 bits per heavy atom. The van der Waals surface area contributed by atoms with Gasteiger partial charge in [-0.2, -0.15) is 10.2 Å². The molecule has 2 aliphatic carbocycles. The Hall–Kier alpha value is -1.91. The predicted molar refractivity (Wildman–Crippen MR) is 71.9 cm³/mol. The van der Waals surface area contributed by atoms with E-state index in [2.05, 4.69) is 27.5 Å². The summed E-state index contributed by atoms with van der Waals surface area (Å²) < 4.78 is 5.21. The molecule has 6 atom stereocenters. The first kappa shape index (κ1) is 10.8. The highest BCUT2D eigenvalue weighted by Gasteiger charge is 2.65. The van der Waals surface area contributed by atoms with Crippen LogP contribution < -0.4 is 4.74 Å². The lowest BCUT2D eigenvalue weighted by atomic mass is 9.76. The Kier molecular flexibility index (Phi) is 1.95. The van der Waals surface area contributed by atoms with Crippen molar-refractivity contribution in [1.82, 2.24) is 0 Å². The van der Waals surface area contributed by atoms with Gasteiger partial charge in [0.25, 0.3) is 0 Å². The van der Waals surface area contributed by atoms with E-state index in [4.69, 9.17) is 9.57 Å². The van der Waals surface area contributed by atoms with E-state index in [0.29, 0.717) is 29.8 Å². The summed E-state index contributed by atoms with van der Waals surface area (Å²) in [4.78, 5) is 5.74. The second-order valence-corrected chi connectivity index (χ2v) is 6.08. The standard InChI is InChI=1S/C15H15N3O2/c1-19-8-4-2-7(3-5-8)12-11-9-6-10(15(11)20-18-12)14-13(9)16-17-14/h2-5,9-11,13-15H,6H2,1H3/t9-,10-,11?,13-,14+,15?/m0/s1. The maximum atomic E-state index is 5.74. The minimum absolute atomic E-state index is 0.220. The average molecular weight is 269 g/mol. The van der Waals surface area contributed by atoms with E-state index in [1.54, 1.807) is 7.11 Å². The van der Waals surface area contributed by atoms with E-state index in [9.17, 15) is 0 Å². The van der Waals surface area contributed by atoms with Gasteiger partial charge in [-0.3, -0.25) is 0 Å². The van der Waals surface area contributed by atoms with Gasteiger partial charge in [-0.15, -0.1) is 0 Å². The summed E-state index contributed by atoms with van der Waals surface area (Å²) >= 11 is 0. The summed E-state index contributed by atoms with van der Waals surface area (Å²) in [5.41, 5.74) is 2.23. The number of ether oxygens (including phenoxy) is 1. The summed E-state index contributed by atoms with van der Waals surface area (Å²) in [5, 5.41) is 13.0. The summed E-state index contributed by atoms with van der Waals surface area (Å²) in [6, 6.07) is 8.91. The summed E-state index contributed by atoms with van der Waals surface area (Å²) in [5.74, 6) is 2.35. The van der Waals surface area contributed by atoms with E-state index < -0.39 is 0 Å². The molecule has 0 N–H and O–H groups in total. The third-order valence-corrected chi connectivity index (χ3v) is 5.32. The van der Waals surface area contributed by atoms with Crippen molar-refractivity contribution in [2.24, 2.45) is 33.1 Å². The SMILES string of the molecule is COc1ccc(C2=NOC3C2[C@@H]2C[C@H]3[C@H]3N=N[C@H]32)cc1. The molecule has 2 bridgehead atoms. The maximum Gasteiger partial charge on any atom is 0.141 e. The molecule has 0 saturated heterocycles. The molecule has 1 aromatic carbocycles. The fourth-order valence-corrected chi connectivity index (χ4v) is 4.38. The molecule has 2 heterocycles. The molecular weight excluding hydrogens is 254 g/mol. The molecule has 2 saturated carbocycles. The molecular formula is C15H15N3O2. The van der Waals surface area contributed by atoms with Crippen molar-refractivity contribution in [3.63, 3.8) is 0 Å². The second-order valence-electron chi connectivity index (χ2n) is 6.08. The van der Waals surface area contributed by atoms with Crippen molar-refractivity contribution in [1.29, 1.82) is 0 Å². The van der Waals surface area contributed by atoms with Gasteiger partial charge in [0.15, 0.2) is 0 Å². The summed E-state index contributed by atoms with van der Waals surface area (Å²) in [7, 11) is 1.68. The summed E-state index contributed by atoms with van der Waals surface area (Å²) in [6.07, 6.45) is 1.41. The number of hydrogen-bond donors (Lipinski definition) is 0. The van der Waals surface area contributed by atoms with Crippen molar-refractivity contribution in [2.75, 3.05) is 7.11 Å². The van der Waals surface area contributed by atoms with Crippen molar-refractivity contribution in [2.45, 2.75) is 24.6 Å².